The first kappa shape index (κ1) is 33.7. The summed E-state index contributed by atoms with van der Waals surface area (Å²) in [5.41, 5.74) is 1.30. The van der Waals surface area contributed by atoms with Gasteiger partial charge in [0.25, 0.3) is 0 Å². The second-order valence-electron chi connectivity index (χ2n) is 11.4. The van der Waals surface area contributed by atoms with E-state index in [1.807, 2.05) is 32.9 Å². The highest BCUT2D eigenvalue weighted by Crippen LogP contribution is 2.31. The minimum Gasteiger partial charge on any atom is -0.493 e. The van der Waals surface area contributed by atoms with Crippen molar-refractivity contribution in [1.29, 1.82) is 0 Å². The Hall–Kier alpha value is -5.20. The van der Waals surface area contributed by atoms with Gasteiger partial charge in [0, 0.05) is 17.6 Å². The van der Waals surface area contributed by atoms with Crippen molar-refractivity contribution in [2.75, 3.05) is 35.0 Å². The minimum absolute atomic E-state index is 0.130. The first-order chi connectivity index (χ1) is 22.0. The summed E-state index contributed by atoms with van der Waals surface area (Å²) in [4.78, 5) is 30.5. The van der Waals surface area contributed by atoms with Gasteiger partial charge in [-0.05, 0) is 86.0 Å². The Kier molecular flexibility index (Phi) is 10.8. The lowest BCUT2D eigenvalue weighted by atomic mass is 10.0. The Bertz CT molecular complexity index is 1650. The van der Waals surface area contributed by atoms with Crippen LogP contribution < -0.4 is 24.3 Å². The monoisotopic (exact) mass is 634 g/mol. The van der Waals surface area contributed by atoms with E-state index in [1.165, 1.54) is 48.2 Å². The molecule has 244 valence electrons. The first-order valence-electron chi connectivity index (χ1n) is 14.5. The normalized spacial score (nSPS) is 11.8. The van der Waals surface area contributed by atoms with Gasteiger partial charge < -0.3 is 29.2 Å². The highest BCUT2D eigenvalue weighted by molar-refractivity contribution is 5.89. The van der Waals surface area contributed by atoms with Crippen LogP contribution >= 0.6 is 0 Å². The third kappa shape index (κ3) is 8.29. The van der Waals surface area contributed by atoms with Crippen LogP contribution in [0.15, 0.2) is 60.7 Å². The standard InChI is InChI=1S/C33H39FN6O6/c1-33(2,3)35-32(42)30(22-9-12-24(34)13-10-22)39(17-16-21-8-14-25(43-4)27(18-21)45-6)29(41)20-40-37-31(36-38-40)23-11-15-26(44-5)28(19-23)46-7/h8-15,18-19,30H,16-17,20H2,1-7H3,(H,35,42). The summed E-state index contributed by atoms with van der Waals surface area (Å²) in [6.45, 7) is 5.35. The molecule has 0 aliphatic carbocycles. The van der Waals surface area contributed by atoms with Crippen LogP contribution in [0.25, 0.3) is 11.4 Å². The van der Waals surface area contributed by atoms with E-state index >= 15 is 0 Å². The van der Waals surface area contributed by atoms with Crippen LogP contribution in [0.1, 0.15) is 37.9 Å². The molecule has 0 fully saturated rings. The topological polar surface area (TPSA) is 130 Å². The molecule has 1 N–H and O–H groups in total. The molecule has 13 heteroatoms. The third-order valence-electron chi connectivity index (χ3n) is 7.02. The number of aromatic nitrogens is 4. The molecular formula is C33H39FN6O6. The number of hydrogen-bond acceptors (Lipinski definition) is 9. The number of halogens is 1. The summed E-state index contributed by atoms with van der Waals surface area (Å²) < 4.78 is 35.4. The van der Waals surface area contributed by atoms with E-state index in [0.29, 0.717) is 40.5 Å². The summed E-state index contributed by atoms with van der Waals surface area (Å²) in [6.07, 6.45) is 0.369. The number of nitrogens with one attached hydrogen (secondary N) is 1. The Morgan fingerprint density at radius 2 is 1.48 bits per heavy atom. The van der Waals surface area contributed by atoms with Crippen molar-refractivity contribution in [2.24, 2.45) is 0 Å². The lowest BCUT2D eigenvalue weighted by Crippen LogP contribution is -2.50. The molecule has 0 aliphatic rings. The van der Waals surface area contributed by atoms with E-state index in [1.54, 1.807) is 38.5 Å². The van der Waals surface area contributed by atoms with Gasteiger partial charge in [0.05, 0.1) is 28.4 Å². The largest absolute Gasteiger partial charge is 0.493 e. The molecule has 0 saturated heterocycles. The molecule has 4 aromatic rings. The summed E-state index contributed by atoms with van der Waals surface area (Å²) >= 11 is 0. The number of rotatable bonds is 13. The van der Waals surface area contributed by atoms with Crippen molar-refractivity contribution >= 4 is 11.8 Å². The average molecular weight is 635 g/mol. The molecule has 4 rings (SSSR count). The van der Waals surface area contributed by atoms with Crippen LogP contribution in [-0.2, 0) is 22.6 Å². The molecule has 0 radical (unpaired) electrons. The fourth-order valence-corrected chi connectivity index (χ4v) is 4.85. The summed E-state index contributed by atoms with van der Waals surface area (Å²) in [6, 6.07) is 15.1. The number of carbonyl (C=O) groups is 2. The SMILES string of the molecule is COc1ccc(CCN(C(=O)Cn2nnc(-c3ccc(OC)c(OC)c3)n2)C(C(=O)NC(C)(C)C)c2ccc(F)cc2)cc1OC. The number of tetrazole rings is 1. The van der Waals surface area contributed by atoms with Gasteiger partial charge in [-0.1, -0.05) is 18.2 Å². The zero-order valence-electron chi connectivity index (χ0n) is 27.0. The Morgan fingerprint density at radius 1 is 0.870 bits per heavy atom. The van der Waals surface area contributed by atoms with E-state index in [2.05, 4.69) is 20.7 Å². The summed E-state index contributed by atoms with van der Waals surface area (Å²) in [7, 11) is 6.15. The van der Waals surface area contributed by atoms with Crippen LogP contribution in [0.2, 0.25) is 0 Å². The van der Waals surface area contributed by atoms with Crippen LogP contribution in [0.4, 0.5) is 4.39 Å². The second-order valence-corrected chi connectivity index (χ2v) is 11.4. The van der Waals surface area contributed by atoms with Gasteiger partial charge in [-0.3, -0.25) is 9.59 Å². The number of hydrogen-bond donors (Lipinski definition) is 1. The highest BCUT2D eigenvalue weighted by Gasteiger charge is 2.33. The Morgan fingerprint density at radius 3 is 2.09 bits per heavy atom. The van der Waals surface area contributed by atoms with Crippen molar-refractivity contribution in [3.8, 4) is 34.4 Å². The molecule has 2 amide bonds. The molecule has 46 heavy (non-hydrogen) atoms. The minimum atomic E-state index is -1.08. The number of ether oxygens (including phenoxy) is 4. The number of nitrogens with zero attached hydrogens (tertiary/aromatic N) is 5. The number of carbonyl (C=O) groups excluding carboxylic acids is 2. The molecule has 0 spiro atoms. The fourth-order valence-electron chi connectivity index (χ4n) is 4.85. The number of methoxy groups -OCH3 is 4. The number of benzene rings is 3. The van der Waals surface area contributed by atoms with Gasteiger partial charge in [-0.2, -0.15) is 4.80 Å². The Balaban J connectivity index is 1.69. The quantitative estimate of drug-likeness (QED) is 0.230. The van der Waals surface area contributed by atoms with Crippen LogP contribution in [0.5, 0.6) is 23.0 Å². The molecule has 1 atom stereocenters. The average Bonchev–Trinajstić information content (AvgIpc) is 3.50. The molecular weight excluding hydrogens is 595 g/mol. The van der Waals surface area contributed by atoms with Crippen LogP contribution in [0, 0.1) is 5.82 Å². The third-order valence-corrected chi connectivity index (χ3v) is 7.02. The van der Waals surface area contributed by atoms with Crippen molar-refractivity contribution in [3.63, 3.8) is 0 Å². The van der Waals surface area contributed by atoms with Crippen molar-refractivity contribution < 1.29 is 32.9 Å². The van der Waals surface area contributed by atoms with Crippen molar-refractivity contribution in [3.05, 3.63) is 77.6 Å². The maximum Gasteiger partial charge on any atom is 0.247 e. The predicted octanol–water partition coefficient (Wildman–Crippen LogP) is 4.24. The first-order valence-corrected chi connectivity index (χ1v) is 14.5. The molecule has 0 aliphatic heterocycles. The summed E-state index contributed by atoms with van der Waals surface area (Å²) in [5.74, 6) is 1.07. The maximum atomic E-state index is 14.1. The van der Waals surface area contributed by atoms with Gasteiger partial charge in [-0.15, -0.1) is 10.2 Å². The molecule has 0 saturated carbocycles. The predicted molar refractivity (Wildman–Crippen MR) is 168 cm³/mol. The lowest BCUT2D eigenvalue weighted by molar-refractivity contribution is -0.142. The van der Waals surface area contributed by atoms with Crippen molar-refractivity contribution in [2.45, 2.75) is 45.3 Å². The zero-order valence-corrected chi connectivity index (χ0v) is 27.0. The molecule has 1 aromatic heterocycles. The van der Waals surface area contributed by atoms with Crippen LogP contribution in [0.3, 0.4) is 0 Å². The van der Waals surface area contributed by atoms with E-state index in [0.717, 1.165) is 5.56 Å². The summed E-state index contributed by atoms with van der Waals surface area (Å²) in [5, 5.41) is 15.6. The van der Waals surface area contributed by atoms with E-state index in [9.17, 15) is 14.0 Å². The van der Waals surface area contributed by atoms with Gasteiger partial charge in [0.2, 0.25) is 17.6 Å². The van der Waals surface area contributed by atoms with Gasteiger partial charge >= 0.3 is 0 Å². The van der Waals surface area contributed by atoms with Gasteiger partial charge in [0.15, 0.2) is 23.0 Å². The zero-order chi connectivity index (χ0) is 33.4. The fraction of sp³-hybridized carbons (Fsp3) is 0.364. The van der Waals surface area contributed by atoms with E-state index in [-0.39, 0.29) is 18.9 Å². The van der Waals surface area contributed by atoms with Crippen LogP contribution in [-0.4, -0.2) is 77.4 Å². The number of amides is 2. The maximum absolute atomic E-state index is 14.1. The highest BCUT2D eigenvalue weighted by atomic mass is 19.1. The smallest absolute Gasteiger partial charge is 0.247 e. The molecule has 0 bridgehead atoms. The van der Waals surface area contributed by atoms with Gasteiger partial charge in [-0.25, -0.2) is 4.39 Å². The molecule has 1 unspecified atom stereocenters. The molecule has 3 aromatic carbocycles. The molecule has 12 nitrogen and oxygen atoms in total. The molecule has 1 heterocycles. The second kappa shape index (κ2) is 14.7. The van der Waals surface area contributed by atoms with E-state index in [4.69, 9.17) is 18.9 Å². The Labute approximate surface area is 267 Å². The lowest BCUT2D eigenvalue weighted by Gasteiger charge is -2.33. The van der Waals surface area contributed by atoms with Gasteiger partial charge in [0.1, 0.15) is 18.4 Å². The van der Waals surface area contributed by atoms with E-state index < -0.39 is 29.2 Å². The van der Waals surface area contributed by atoms with Crippen molar-refractivity contribution in [1.82, 2.24) is 30.4 Å².